The average Bonchev–Trinajstić information content (AvgIpc) is 2.21. The molecule has 0 heterocycles. The summed E-state index contributed by atoms with van der Waals surface area (Å²) in [5.41, 5.74) is 0. The first-order valence-corrected chi connectivity index (χ1v) is 6.19. The highest BCUT2D eigenvalue weighted by Gasteiger charge is 2.23. The van der Waals surface area contributed by atoms with E-state index in [2.05, 4.69) is 19.2 Å². The van der Waals surface area contributed by atoms with Crippen LogP contribution >= 0.6 is 0 Å². The van der Waals surface area contributed by atoms with Crippen LogP contribution in [0.5, 0.6) is 0 Å². The summed E-state index contributed by atoms with van der Waals surface area (Å²) in [7, 11) is 0. The van der Waals surface area contributed by atoms with Crippen molar-refractivity contribution in [2.45, 2.75) is 52.0 Å². The zero-order valence-electron chi connectivity index (χ0n) is 9.72. The standard InChI is InChI=1S/C12H25NO/c1-3-13-12-8-6-5-7-11(12)9-10-14-4-2/h11-13H,3-10H2,1-2H3. The largest absolute Gasteiger partial charge is 0.382 e. The predicted octanol–water partition coefficient (Wildman–Crippen LogP) is 2.58. The quantitative estimate of drug-likeness (QED) is 0.664. The summed E-state index contributed by atoms with van der Waals surface area (Å²) in [4.78, 5) is 0. The van der Waals surface area contributed by atoms with Gasteiger partial charge in [0, 0.05) is 19.3 Å². The Labute approximate surface area is 88.4 Å². The molecule has 84 valence electrons. The molecule has 1 aliphatic carbocycles. The molecule has 1 saturated carbocycles. The van der Waals surface area contributed by atoms with Crippen LogP contribution in [0, 0.1) is 5.92 Å². The van der Waals surface area contributed by atoms with E-state index in [1.54, 1.807) is 0 Å². The van der Waals surface area contributed by atoms with Crippen LogP contribution in [0.2, 0.25) is 0 Å². The van der Waals surface area contributed by atoms with E-state index >= 15 is 0 Å². The van der Waals surface area contributed by atoms with Crippen LogP contribution in [-0.2, 0) is 4.74 Å². The third-order valence-corrected chi connectivity index (χ3v) is 3.21. The van der Waals surface area contributed by atoms with Gasteiger partial charge < -0.3 is 10.1 Å². The molecule has 2 heteroatoms. The highest BCUT2D eigenvalue weighted by atomic mass is 16.5. The zero-order chi connectivity index (χ0) is 10.2. The number of ether oxygens (including phenoxy) is 1. The fraction of sp³-hybridized carbons (Fsp3) is 1.00. The Kier molecular flexibility index (Phi) is 6.20. The SMILES string of the molecule is CCNC1CCCCC1CCOCC. The van der Waals surface area contributed by atoms with E-state index < -0.39 is 0 Å². The molecule has 2 nitrogen and oxygen atoms in total. The first-order valence-electron chi connectivity index (χ1n) is 6.19. The van der Waals surface area contributed by atoms with Crippen LogP contribution in [0.3, 0.4) is 0 Å². The van der Waals surface area contributed by atoms with E-state index in [1.807, 2.05) is 0 Å². The van der Waals surface area contributed by atoms with Gasteiger partial charge in [0.05, 0.1) is 0 Å². The van der Waals surface area contributed by atoms with Gasteiger partial charge in [-0.05, 0) is 38.6 Å². The lowest BCUT2D eigenvalue weighted by atomic mass is 9.82. The summed E-state index contributed by atoms with van der Waals surface area (Å²) in [6.45, 7) is 7.19. The van der Waals surface area contributed by atoms with Crippen molar-refractivity contribution < 1.29 is 4.74 Å². The molecule has 1 N–H and O–H groups in total. The minimum atomic E-state index is 0.759. The maximum atomic E-state index is 5.43. The van der Waals surface area contributed by atoms with Gasteiger partial charge in [-0.15, -0.1) is 0 Å². The molecule has 0 saturated heterocycles. The van der Waals surface area contributed by atoms with Gasteiger partial charge in [0.15, 0.2) is 0 Å². The van der Waals surface area contributed by atoms with E-state index in [-0.39, 0.29) is 0 Å². The van der Waals surface area contributed by atoms with Gasteiger partial charge in [-0.25, -0.2) is 0 Å². The molecule has 0 aliphatic heterocycles. The molecule has 0 amide bonds. The number of rotatable bonds is 6. The number of hydrogen-bond acceptors (Lipinski definition) is 2. The molecule has 1 rings (SSSR count). The van der Waals surface area contributed by atoms with Gasteiger partial charge in [-0.1, -0.05) is 19.8 Å². The molecule has 2 unspecified atom stereocenters. The summed E-state index contributed by atoms with van der Waals surface area (Å²) in [5.74, 6) is 0.857. The van der Waals surface area contributed by atoms with Gasteiger partial charge in [0.25, 0.3) is 0 Å². The van der Waals surface area contributed by atoms with Crippen LogP contribution in [0.25, 0.3) is 0 Å². The monoisotopic (exact) mass is 199 g/mol. The van der Waals surface area contributed by atoms with Crippen LogP contribution in [0.1, 0.15) is 46.0 Å². The van der Waals surface area contributed by atoms with Crippen LogP contribution in [-0.4, -0.2) is 25.8 Å². The van der Waals surface area contributed by atoms with Crippen molar-refractivity contribution in [2.75, 3.05) is 19.8 Å². The molecule has 0 aromatic carbocycles. The van der Waals surface area contributed by atoms with Crippen LogP contribution in [0.4, 0.5) is 0 Å². The second-order valence-corrected chi connectivity index (χ2v) is 4.19. The number of hydrogen-bond donors (Lipinski definition) is 1. The lowest BCUT2D eigenvalue weighted by molar-refractivity contribution is 0.115. The summed E-state index contributed by atoms with van der Waals surface area (Å²) in [6.07, 6.45) is 6.82. The average molecular weight is 199 g/mol. The van der Waals surface area contributed by atoms with Crippen LogP contribution < -0.4 is 5.32 Å². The smallest absolute Gasteiger partial charge is 0.0469 e. The van der Waals surface area contributed by atoms with Gasteiger partial charge in [-0.3, -0.25) is 0 Å². The van der Waals surface area contributed by atoms with E-state index in [0.29, 0.717) is 0 Å². The van der Waals surface area contributed by atoms with E-state index in [1.165, 1.54) is 32.1 Å². The molecule has 0 aromatic rings. The van der Waals surface area contributed by atoms with Gasteiger partial charge in [0.2, 0.25) is 0 Å². The molecule has 0 aromatic heterocycles. The molecule has 1 fully saturated rings. The second-order valence-electron chi connectivity index (χ2n) is 4.19. The molecule has 14 heavy (non-hydrogen) atoms. The maximum absolute atomic E-state index is 5.43. The Morgan fingerprint density at radius 1 is 1.21 bits per heavy atom. The lowest BCUT2D eigenvalue weighted by Crippen LogP contribution is -2.38. The van der Waals surface area contributed by atoms with E-state index in [0.717, 1.165) is 31.7 Å². The first kappa shape index (κ1) is 12.0. The van der Waals surface area contributed by atoms with Crippen molar-refractivity contribution in [3.05, 3.63) is 0 Å². The molecule has 1 aliphatic rings. The molecule has 0 radical (unpaired) electrons. The van der Waals surface area contributed by atoms with Gasteiger partial charge in [-0.2, -0.15) is 0 Å². The Morgan fingerprint density at radius 3 is 2.71 bits per heavy atom. The highest BCUT2D eigenvalue weighted by molar-refractivity contribution is 4.80. The third kappa shape index (κ3) is 3.97. The highest BCUT2D eigenvalue weighted by Crippen LogP contribution is 2.26. The Hall–Kier alpha value is -0.0800. The zero-order valence-corrected chi connectivity index (χ0v) is 9.72. The minimum Gasteiger partial charge on any atom is -0.382 e. The van der Waals surface area contributed by atoms with Crippen molar-refractivity contribution in [3.63, 3.8) is 0 Å². The topological polar surface area (TPSA) is 21.3 Å². The minimum absolute atomic E-state index is 0.759. The summed E-state index contributed by atoms with van der Waals surface area (Å²) in [6, 6.07) is 0.759. The molecule has 0 bridgehead atoms. The van der Waals surface area contributed by atoms with Gasteiger partial charge >= 0.3 is 0 Å². The predicted molar refractivity (Wildman–Crippen MR) is 60.5 cm³/mol. The van der Waals surface area contributed by atoms with Crippen LogP contribution in [0.15, 0.2) is 0 Å². The normalized spacial score (nSPS) is 27.9. The molecule has 0 spiro atoms. The molecule has 2 atom stereocenters. The maximum Gasteiger partial charge on any atom is 0.0469 e. The van der Waals surface area contributed by atoms with Crippen molar-refractivity contribution in [1.82, 2.24) is 5.32 Å². The molecular weight excluding hydrogens is 174 g/mol. The summed E-state index contributed by atoms with van der Waals surface area (Å²) in [5, 5.41) is 3.61. The van der Waals surface area contributed by atoms with E-state index in [4.69, 9.17) is 4.74 Å². The second kappa shape index (κ2) is 7.24. The Bertz CT molecular complexity index is 136. The third-order valence-electron chi connectivity index (χ3n) is 3.21. The summed E-state index contributed by atoms with van der Waals surface area (Å²) >= 11 is 0. The summed E-state index contributed by atoms with van der Waals surface area (Å²) < 4.78 is 5.43. The fourth-order valence-electron chi connectivity index (χ4n) is 2.46. The number of nitrogens with one attached hydrogen (secondary N) is 1. The van der Waals surface area contributed by atoms with E-state index in [9.17, 15) is 0 Å². The lowest BCUT2D eigenvalue weighted by Gasteiger charge is -2.32. The van der Waals surface area contributed by atoms with Crippen molar-refractivity contribution in [3.8, 4) is 0 Å². The van der Waals surface area contributed by atoms with Crippen molar-refractivity contribution >= 4 is 0 Å². The van der Waals surface area contributed by atoms with Gasteiger partial charge in [0.1, 0.15) is 0 Å². The first-order chi connectivity index (χ1) is 6.88. The fourth-order valence-corrected chi connectivity index (χ4v) is 2.46. The Morgan fingerprint density at radius 2 is 2.00 bits per heavy atom. The van der Waals surface area contributed by atoms with Crippen molar-refractivity contribution in [1.29, 1.82) is 0 Å². The van der Waals surface area contributed by atoms with Crippen molar-refractivity contribution in [2.24, 2.45) is 5.92 Å². The Balaban J connectivity index is 2.22. The molecular formula is C12H25NO.